The molecule has 2 heterocycles. The van der Waals surface area contributed by atoms with E-state index in [1.165, 1.54) is 40.8 Å². The minimum Gasteiger partial charge on any atom is -0.493 e. The summed E-state index contributed by atoms with van der Waals surface area (Å²) in [6.45, 7) is 1.24. The summed E-state index contributed by atoms with van der Waals surface area (Å²) >= 11 is 2.93. The van der Waals surface area contributed by atoms with E-state index >= 15 is 0 Å². The predicted octanol–water partition coefficient (Wildman–Crippen LogP) is 4.64. The van der Waals surface area contributed by atoms with E-state index in [1.807, 2.05) is 22.4 Å². The molecule has 1 aromatic heterocycles. The van der Waals surface area contributed by atoms with Gasteiger partial charge in [0.25, 0.3) is 0 Å². The molecule has 8 heteroatoms. The first-order valence-electron chi connectivity index (χ1n) is 9.43. The fourth-order valence-corrected chi connectivity index (χ4v) is 5.13. The summed E-state index contributed by atoms with van der Waals surface area (Å²) in [5.41, 5.74) is 3.93. The second-order valence-corrected chi connectivity index (χ2v) is 8.92. The van der Waals surface area contributed by atoms with Crippen LogP contribution in [0, 0.1) is 5.82 Å². The highest BCUT2D eigenvalue weighted by Gasteiger charge is 2.23. The van der Waals surface area contributed by atoms with Crippen molar-refractivity contribution in [1.29, 1.82) is 0 Å². The second-order valence-electron chi connectivity index (χ2n) is 6.84. The molecular formula is C22H21FN2O3S2. The Morgan fingerprint density at radius 3 is 2.57 bits per heavy atom. The predicted molar refractivity (Wildman–Crippen MR) is 117 cm³/mol. The van der Waals surface area contributed by atoms with Crippen LogP contribution in [0.4, 0.5) is 4.39 Å². The first kappa shape index (κ1) is 20.7. The van der Waals surface area contributed by atoms with Gasteiger partial charge in [-0.15, -0.1) is 11.3 Å². The van der Waals surface area contributed by atoms with Crippen molar-refractivity contribution >= 4 is 29.0 Å². The van der Waals surface area contributed by atoms with Gasteiger partial charge in [0.05, 0.1) is 25.7 Å². The Morgan fingerprint density at radius 2 is 1.87 bits per heavy atom. The topological polar surface area (TPSA) is 51.7 Å². The van der Waals surface area contributed by atoms with Crippen LogP contribution in [-0.2, 0) is 17.8 Å². The van der Waals surface area contributed by atoms with Gasteiger partial charge in [-0.3, -0.25) is 4.79 Å². The zero-order valence-corrected chi connectivity index (χ0v) is 18.3. The zero-order chi connectivity index (χ0) is 21.1. The second kappa shape index (κ2) is 9.06. The lowest BCUT2D eigenvalue weighted by molar-refractivity contribution is -0.129. The summed E-state index contributed by atoms with van der Waals surface area (Å²) in [6, 6.07) is 10.2. The van der Waals surface area contributed by atoms with Gasteiger partial charge in [-0.05, 0) is 53.9 Å². The minimum absolute atomic E-state index is 0.0824. The molecule has 5 nitrogen and oxygen atoms in total. The number of carbonyl (C=O) groups excluding carboxylic acids is 1. The summed E-state index contributed by atoms with van der Waals surface area (Å²) in [5.74, 6) is 1.54. The lowest BCUT2D eigenvalue weighted by Crippen LogP contribution is -2.37. The molecule has 2 aromatic carbocycles. The maximum Gasteiger partial charge on any atom is 0.233 e. The van der Waals surface area contributed by atoms with Crippen LogP contribution in [0.1, 0.15) is 11.1 Å². The Bertz CT molecular complexity index is 1050. The number of hydrogen-bond acceptors (Lipinski definition) is 6. The first-order valence-corrected chi connectivity index (χ1v) is 11.3. The molecule has 0 saturated heterocycles. The van der Waals surface area contributed by atoms with Crippen molar-refractivity contribution in [2.24, 2.45) is 0 Å². The number of thioether (sulfide) groups is 1. The van der Waals surface area contributed by atoms with Crippen LogP contribution < -0.4 is 9.47 Å². The van der Waals surface area contributed by atoms with Crippen LogP contribution >= 0.6 is 23.1 Å². The molecule has 0 spiro atoms. The van der Waals surface area contributed by atoms with Crippen molar-refractivity contribution in [3.05, 3.63) is 58.7 Å². The molecule has 1 amide bonds. The molecule has 1 aliphatic rings. The molecule has 3 aromatic rings. The smallest absolute Gasteiger partial charge is 0.233 e. The normalized spacial score (nSPS) is 13.1. The molecule has 0 fully saturated rings. The van der Waals surface area contributed by atoms with Gasteiger partial charge in [-0.2, -0.15) is 0 Å². The third kappa shape index (κ3) is 4.44. The molecule has 0 aliphatic carbocycles. The van der Waals surface area contributed by atoms with Gasteiger partial charge < -0.3 is 14.4 Å². The molecule has 0 radical (unpaired) electrons. The van der Waals surface area contributed by atoms with Gasteiger partial charge in [-0.25, -0.2) is 9.37 Å². The van der Waals surface area contributed by atoms with Crippen molar-refractivity contribution in [3.8, 4) is 22.8 Å². The molecule has 30 heavy (non-hydrogen) atoms. The molecule has 0 saturated carbocycles. The third-order valence-corrected chi connectivity index (χ3v) is 7.02. The van der Waals surface area contributed by atoms with Gasteiger partial charge in [0.15, 0.2) is 15.8 Å². The lowest BCUT2D eigenvalue weighted by Gasteiger charge is -2.29. The van der Waals surface area contributed by atoms with Crippen LogP contribution in [0.5, 0.6) is 11.5 Å². The SMILES string of the molecule is COc1cc2c(cc1OC)CN(C(=O)CSc1nc(-c3ccc(F)cc3)cs1)CC2. The first-order chi connectivity index (χ1) is 14.6. The Morgan fingerprint density at radius 1 is 1.17 bits per heavy atom. The van der Waals surface area contributed by atoms with Crippen molar-refractivity contribution < 1.29 is 18.7 Å². The summed E-state index contributed by atoms with van der Waals surface area (Å²) in [4.78, 5) is 19.2. The summed E-state index contributed by atoms with van der Waals surface area (Å²) in [5, 5.41) is 1.93. The number of thiazole rings is 1. The third-order valence-electron chi connectivity index (χ3n) is 5.01. The summed E-state index contributed by atoms with van der Waals surface area (Å²) in [7, 11) is 3.24. The highest BCUT2D eigenvalue weighted by Crippen LogP contribution is 2.34. The average Bonchev–Trinajstić information content (AvgIpc) is 3.25. The van der Waals surface area contributed by atoms with E-state index in [4.69, 9.17) is 9.47 Å². The monoisotopic (exact) mass is 444 g/mol. The van der Waals surface area contributed by atoms with E-state index in [0.717, 1.165) is 27.6 Å². The molecule has 0 atom stereocenters. The molecule has 4 rings (SSSR count). The molecule has 0 N–H and O–H groups in total. The highest BCUT2D eigenvalue weighted by atomic mass is 32.2. The quantitative estimate of drug-likeness (QED) is 0.519. The number of rotatable bonds is 6. The number of fused-ring (bicyclic) bond motifs is 1. The molecule has 0 unspecified atom stereocenters. The number of nitrogens with zero attached hydrogens (tertiary/aromatic N) is 2. The van der Waals surface area contributed by atoms with E-state index in [0.29, 0.717) is 30.3 Å². The van der Waals surface area contributed by atoms with Crippen LogP contribution in [0.3, 0.4) is 0 Å². The van der Waals surface area contributed by atoms with Gasteiger partial charge in [0.2, 0.25) is 5.91 Å². The Balaban J connectivity index is 1.38. The van der Waals surface area contributed by atoms with Crippen molar-refractivity contribution in [1.82, 2.24) is 9.88 Å². The largest absolute Gasteiger partial charge is 0.493 e. The van der Waals surface area contributed by atoms with Gasteiger partial charge in [0.1, 0.15) is 5.82 Å². The number of hydrogen-bond donors (Lipinski definition) is 0. The zero-order valence-electron chi connectivity index (χ0n) is 16.7. The standard InChI is InChI=1S/C22H21FN2O3S2/c1-27-19-9-15-7-8-25(11-16(15)10-20(19)28-2)21(26)13-30-22-24-18(12-29-22)14-3-5-17(23)6-4-14/h3-6,9-10,12H,7-8,11,13H2,1-2H3. The van der Waals surface area contributed by atoms with E-state index in [9.17, 15) is 9.18 Å². The summed E-state index contributed by atoms with van der Waals surface area (Å²) < 4.78 is 24.7. The fraction of sp³-hybridized carbons (Fsp3) is 0.273. The lowest BCUT2D eigenvalue weighted by atomic mass is 9.99. The number of halogens is 1. The number of carbonyl (C=O) groups is 1. The number of aromatic nitrogens is 1. The van der Waals surface area contributed by atoms with E-state index < -0.39 is 0 Å². The van der Waals surface area contributed by atoms with Crippen molar-refractivity contribution in [3.63, 3.8) is 0 Å². The van der Waals surface area contributed by atoms with Crippen LogP contribution in [0.25, 0.3) is 11.3 Å². The average molecular weight is 445 g/mol. The Labute approximate surface area is 182 Å². The van der Waals surface area contributed by atoms with Crippen LogP contribution in [-0.4, -0.2) is 42.3 Å². The number of amides is 1. The van der Waals surface area contributed by atoms with E-state index in [1.54, 1.807) is 26.4 Å². The molecule has 1 aliphatic heterocycles. The maximum atomic E-state index is 13.1. The molecule has 156 valence electrons. The number of methoxy groups -OCH3 is 2. The summed E-state index contributed by atoms with van der Waals surface area (Å²) in [6.07, 6.45) is 0.790. The van der Waals surface area contributed by atoms with Crippen LogP contribution in [0.15, 0.2) is 46.1 Å². The van der Waals surface area contributed by atoms with Gasteiger partial charge >= 0.3 is 0 Å². The van der Waals surface area contributed by atoms with Gasteiger partial charge in [0, 0.05) is 24.0 Å². The highest BCUT2D eigenvalue weighted by molar-refractivity contribution is 8.01. The van der Waals surface area contributed by atoms with Crippen molar-refractivity contribution in [2.75, 3.05) is 26.5 Å². The Kier molecular flexibility index (Phi) is 6.24. The minimum atomic E-state index is -0.270. The van der Waals surface area contributed by atoms with E-state index in [2.05, 4.69) is 4.98 Å². The van der Waals surface area contributed by atoms with E-state index in [-0.39, 0.29) is 11.7 Å². The molecular weight excluding hydrogens is 423 g/mol. The molecule has 0 bridgehead atoms. The number of benzene rings is 2. The van der Waals surface area contributed by atoms with Crippen LogP contribution in [0.2, 0.25) is 0 Å². The fourth-order valence-electron chi connectivity index (χ4n) is 3.39. The van der Waals surface area contributed by atoms with Gasteiger partial charge in [-0.1, -0.05) is 11.8 Å². The maximum absolute atomic E-state index is 13.1. The van der Waals surface area contributed by atoms with Crippen molar-refractivity contribution in [2.45, 2.75) is 17.3 Å². The Hall–Kier alpha value is -2.58. The number of ether oxygens (including phenoxy) is 2.